The van der Waals surface area contributed by atoms with E-state index >= 15 is 0 Å². The summed E-state index contributed by atoms with van der Waals surface area (Å²) in [6.07, 6.45) is 1.72. The molecule has 0 spiro atoms. The summed E-state index contributed by atoms with van der Waals surface area (Å²) in [6, 6.07) is 16.0. The molecule has 0 aliphatic carbocycles. The number of nitrogens with zero attached hydrogens (tertiary/aromatic N) is 2. The first-order chi connectivity index (χ1) is 13.8. The Bertz CT molecular complexity index is 1030. The van der Waals surface area contributed by atoms with Gasteiger partial charge in [-0.25, -0.2) is 0 Å². The summed E-state index contributed by atoms with van der Waals surface area (Å²) in [6.45, 7) is 5.98. The van der Waals surface area contributed by atoms with Crippen molar-refractivity contribution in [3.05, 3.63) is 88.7 Å². The van der Waals surface area contributed by atoms with Crippen molar-refractivity contribution in [2.45, 2.75) is 27.3 Å². The predicted octanol–water partition coefficient (Wildman–Crippen LogP) is 3.87. The third kappa shape index (κ3) is 5.07. The highest BCUT2D eigenvalue weighted by Crippen LogP contribution is 2.30. The number of benzene rings is 2. The lowest BCUT2D eigenvalue weighted by Crippen LogP contribution is -2.24. The van der Waals surface area contributed by atoms with E-state index in [9.17, 15) is 13.6 Å². The Morgan fingerprint density at radius 2 is 1.79 bits per heavy atom. The number of aryl methyl sites for hydroxylation is 3. The van der Waals surface area contributed by atoms with Gasteiger partial charge in [-0.15, -0.1) is 0 Å². The summed E-state index contributed by atoms with van der Waals surface area (Å²) < 4.78 is 25.1. The van der Waals surface area contributed by atoms with Gasteiger partial charge in [0.15, 0.2) is 0 Å². The van der Waals surface area contributed by atoms with Crippen molar-refractivity contribution in [1.82, 2.24) is 10.3 Å². The SMILES string of the molecule is Cc1ccc(N(c2cc(C(=O)NCc3ccc(C)nc3)ccc2C)S(=O)[O-])cc1. The number of amides is 1. The van der Waals surface area contributed by atoms with Gasteiger partial charge in [-0.05, 0) is 62.2 Å². The van der Waals surface area contributed by atoms with Crippen molar-refractivity contribution < 1.29 is 13.6 Å². The van der Waals surface area contributed by atoms with Gasteiger partial charge in [0.1, 0.15) is 0 Å². The Morgan fingerprint density at radius 1 is 1.07 bits per heavy atom. The minimum Gasteiger partial charge on any atom is -0.755 e. The van der Waals surface area contributed by atoms with Gasteiger partial charge >= 0.3 is 0 Å². The molecule has 0 aliphatic heterocycles. The molecule has 3 rings (SSSR count). The number of hydrogen-bond donors (Lipinski definition) is 1. The zero-order valence-corrected chi connectivity index (χ0v) is 17.3. The summed E-state index contributed by atoms with van der Waals surface area (Å²) in [5.41, 5.74) is 4.90. The minimum atomic E-state index is -2.54. The molecular formula is C22H22N3O3S-. The Balaban J connectivity index is 1.85. The van der Waals surface area contributed by atoms with Crippen LogP contribution in [0.4, 0.5) is 11.4 Å². The number of nitrogens with one attached hydrogen (secondary N) is 1. The van der Waals surface area contributed by atoms with Gasteiger partial charge in [0.25, 0.3) is 5.91 Å². The predicted molar refractivity (Wildman–Crippen MR) is 114 cm³/mol. The van der Waals surface area contributed by atoms with Crippen molar-refractivity contribution in [3.63, 3.8) is 0 Å². The second kappa shape index (κ2) is 8.98. The van der Waals surface area contributed by atoms with E-state index < -0.39 is 11.3 Å². The smallest absolute Gasteiger partial charge is 0.251 e. The largest absolute Gasteiger partial charge is 0.755 e. The van der Waals surface area contributed by atoms with Crippen LogP contribution in [-0.2, 0) is 17.8 Å². The Hall–Kier alpha value is -3.03. The molecule has 29 heavy (non-hydrogen) atoms. The molecular weight excluding hydrogens is 386 g/mol. The number of carbonyl (C=O) groups is 1. The van der Waals surface area contributed by atoms with E-state index in [1.54, 1.807) is 36.5 Å². The first-order valence-electron chi connectivity index (χ1n) is 9.11. The van der Waals surface area contributed by atoms with Crippen molar-refractivity contribution in [2.75, 3.05) is 4.31 Å². The van der Waals surface area contributed by atoms with Crippen LogP contribution in [-0.4, -0.2) is 19.7 Å². The molecule has 7 heteroatoms. The van der Waals surface area contributed by atoms with E-state index in [1.807, 2.05) is 45.0 Å². The fraction of sp³-hybridized carbons (Fsp3) is 0.182. The highest BCUT2D eigenvalue weighted by molar-refractivity contribution is 7.81. The van der Waals surface area contributed by atoms with Crippen LogP contribution < -0.4 is 9.62 Å². The Labute approximate surface area is 173 Å². The summed E-state index contributed by atoms with van der Waals surface area (Å²) >= 11 is -2.54. The average molecular weight is 409 g/mol. The monoisotopic (exact) mass is 408 g/mol. The van der Waals surface area contributed by atoms with Gasteiger partial charge in [-0.1, -0.05) is 29.8 Å². The van der Waals surface area contributed by atoms with E-state index in [4.69, 9.17) is 0 Å². The van der Waals surface area contributed by atoms with Crippen molar-refractivity contribution in [3.8, 4) is 0 Å². The second-order valence-electron chi connectivity index (χ2n) is 6.84. The van der Waals surface area contributed by atoms with Gasteiger partial charge in [0, 0.05) is 24.0 Å². The normalized spacial score (nSPS) is 11.7. The average Bonchev–Trinajstić information content (AvgIpc) is 2.70. The molecule has 3 aromatic rings. The highest BCUT2D eigenvalue weighted by Gasteiger charge is 2.16. The molecule has 0 saturated carbocycles. The number of hydrogen-bond acceptors (Lipinski definition) is 4. The van der Waals surface area contributed by atoms with E-state index in [1.165, 1.54) is 4.31 Å². The number of carbonyl (C=O) groups excluding carboxylic acids is 1. The fourth-order valence-electron chi connectivity index (χ4n) is 2.84. The maximum absolute atomic E-state index is 12.6. The first kappa shape index (κ1) is 20.7. The number of rotatable bonds is 6. The quantitative estimate of drug-likeness (QED) is 0.628. The van der Waals surface area contributed by atoms with Crippen LogP contribution >= 0.6 is 0 Å². The van der Waals surface area contributed by atoms with Crippen LogP contribution in [0.15, 0.2) is 60.8 Å². The molecule has 1 unspecified atom stereocenters. The molecule has 0 saturated heterocycles. The van der Waals surface area contributed by atoms with Crippen LogP contribution in [0.5, 0.6) is 0 Å². The fourth-order valence-corrected chi connectivity index (χ4v) is 3.49. The van der Waals surface area contributed by atoms with Crippen LogP contribution in [0.3, 0.4) is 0 Å². The summed E-state index contributed by atoms with van der Waals surface area (Å²) in [4.78, 5) is 16.8. The summed E-state index contributed by atoms with van der Waals surface area (Å²) in [5, 5.41) is 2.85. The number of aromatic nitrogens is 1. The van der Waals surface area contributed by atoms with Gasteiger partial charge in [-0.2, -0.15) is 0 Å². The third-order valence-corrected chi connectivity index (χ3v) is 5.24. The van der Waals surface area contributed by atoms with E-state index in [-0.39, 0.29) is 5.91 Å². The number of pyridine rings is 1. The molecule has 1 atom stereocenters. The molecule has 2 aromatic carbocycles. The zero-order chi connectivity index (χ0) is 21.0. The molecule has 0 fully saturated rings. The van der Waals surface area contributed by atoms with Gasteiger partial charge in [0.05, 0.1) is 22.6 Å². The molecule has 6 nitrogen and oxygen atoms in total. The summed E-state index contributed by atoms with van der Waals surface area (Å²) in [7, 11) is 0. The molecule has 1 N–H and O–H groups in total. The molecule has 1 amide bonds. The van der Waals surface area contributed by atoms with E-state index in [0.29, 0.717) is 23.5 Å². The lowest BCUT2D eigenvalue weighted by atomic mass is 10.1. The first-order valence-corrected chi connectivity index (χ1v) is 10.1. The molecule has 150 valence electrons. The van der Waals surface area contributed by atoms with E-state index in [0.717, 1.165) is 22.4 Å². The standard InChI is InChI=1S/C22H23N3O3S/c1-15-4-10-20(11-5-15)25(29(27)28)21-12-19(9-6-16(21)2)22(26)24-14-18-8-7-17(3)23-13-18/h4-13H,14H2,1-3H3,(H,24,26)(H,27,28)/p-1. The maximum Gasteiger partial charge on any atom is 0.251 e. The van der Waals surface area contributed by atoms with Crippen LogP contribution in [0, 0.1) is 20.8 Å². The van der Waals surface area contributed by atoms with Crippen molar-refractivity contribution in [1.29, 1.82) is 0 Å². The molecule has 1 heterocycles. The molecule has 0 radical (unpaired) electrons. The van der Waals surface area contributed by atoms with Crippen molar-refractivity contribution >= 4 is 28.5 Å². The third-order valence-electron chi connectivity index (χ3n) is 4.53. The Kier molecular flexibility index (Phi) is 6.41. The van der Waals surface area contributed by atoms with Crippen LogP contribution in [0.2, 0.25) is 0 Å². The van der Waals surface area contributed by atoms with Crippen LogP contribution in [0.25, 0.3) is 0 Å². The summed E-state index contributed by atoms with van der Waals surface area (Å²) in [5.74, 6) is -0.285. The Morgan fingerprint density at radius 3 is 2.41 bits per heavy atom. The lowest BCUT2D eigenvalue weighted by molar-refractivity contribution is 0.0951. The van der Waals surface area contributed by atoms with Crippen LogP contribution in [0.1, 0.15) is 32.7 Å². The second-order valence-corrected chi connectivity index (χ2v) is 7.64. The molecule has 0 bridgehead atoms. The van der Waals surface area contributed by atoms with Crippen molar-refractivity contribution in [2.24, 2.45) is 0 Å². The zero-order valence-electron chi connectivity index (χ0n) is 16.5. The van der Waals surface area contributed by atoms with E-state index in [2.05, 4.69) is 10.3 Å². The minimum absolute atomic E-state index is 0.285. The molecule has 1 aromatic heterocycles. The van der Waals surface area contributed by atoms with Gasteiger partial charge in [-0.3, -0.25) is 18.3 Å². The molecule has 0 aliphatic rings. The van der Waals surface area contributed by atoms with Gasteiger partial charge in [0.2, 0.25) is 0 Å². The topological polar surface area (TPSA) is 85.4 Å². The highest BCUT2D eigenvalue weighted by atomic mass is 32.2. The lowest BCUT2D eigenvalue weighted by Gasteiger charge is -2.28. The van der Waals surface area contributed by atoms with Gasteiger partial charge < -0.3 is 9.87 Å². The number of anilines is 2. The maximum atomic E-state index is 12.6.